The van der Waals surface area contributed by atoms with E-state index in [-0.39, 0.29) is 11.4 Å². The Labute approximate surface area is 148 Å². The van der Waals surface area contributed by atoms with Crippen molar-refractivity contribution < 1.29 is 17.9 Å². The Morgan fingerprint density at radius 2 is 1.64 bits per heavy atom. The fraction of sp³-hybridized carbons (Fsp3) is 0.278. The maximum Gasteiger partial charge on any atom is 0.241 e. The molecule has 2 N–H and O–H groups in total. The zero-order valence-electron chi connectivity index (χ0n) is 14.4. The van der Waals surface area contributed by atoms with E-state index in [0.717, 1.165) is 0 Å². The third kappa shape index (κ3) is 5.30. The number of ether oxygens (including phenoxy) is 1. The molecule has 7 heteroatoms. The summed E-state index contributed by atoms with van der Waals surface area (Å²) in [5.41, 5.74) is 1.79. The van der Waals surface area contributed by atoms with Crippen LogP contribution < -0.4 is 14.8 Å². The van der Waals surface area contributed by atoms with E-state index in [1.54, 1.807) is 24.3 Å². The highest BCUT2D eigenvalue weighted by Gasteiger charge is 2.15. The number of benzene rings is 2. The highest BCUT2D eigenvalue weighted by Crippen LogP contribution is 2.17. The summed E-state index contributed by atoms with van der Waals surface area (Å²) in [6.45, 7) is 3.82. The SMILES string of the molecule is COc1ccc(S(=O)(=O)NCC(=O)Nc2ccc(C(C)C)cc2)cc1. The van der Waals surface area contributed by atoms with Crippen molar-refractivity contribution in [2.45, 2.75) is 24.7 Å². The van der Waals surface area contributed by atoms with E-state index >= 15 is 0 Å². The molecule has 0 radical (unpaired) electrons. The van der Waals surface area contributed by atoms with Gasteiger partial charge in [-0.25, -0.2) is 13.1 Å². The van der Waals surface area contributed by atoms with Crippen LogP contribution in [0, 0.1) is 0 Å². The van der Waals surface area contributed by atoms with E-state index in [0.29, 0.717) is 17.4 Å². The molecule has 1 amide bonds. The zero-order valence-corrected chi connectivity index (χ0v) is 15.3. The van der Waals surface area contributed by atoms with Crippen molar-refractivity contribution in [2.24, 2.45) is 0 Å². The van der Waals surface area contributed by atoms with Gasteiger partial charge in [0.05, 0.1) is 18.6 Å². The van der Waals surface area contributed by atoms with Gasteiger partial charge in [0.2, 0.25) is 15.9 Å². The first kappa shape index (κ1) is 19.0. The Balaban J connectivity index is 1.93. The van der Waals surface area contributed by atoms with Gasteiger partial charge in [-0.3, -0.25) is 4.79 Å². The quantitative estimate of drug-likeness (QED) is 0.793. The topological polar surface area (TPSA) is 84.5 Å². The first-order valence-electron chi connectivity index (χ1n) is 7.85. The smallest absolute Gasteiger partial charge is 0.241 e. The lowest BCUT2D eigenvalue weighted by Crippen LogP contribution is -2.32. The molecule has 0 fully saturated rings. The van der Waals surface area contributed by atoms with Gasteiger partial charge in [-0.05, 0) is 47.9 Å². The molecule has 0 atom stereocenters. The fourth-order valence-electron chi connectivity index (χ4n) is 2.16. The van der Waals surface area contributed by atoms with Gasteiger partial charge in [0.25, 0.3) is 0 Å². The molecule has 2 rings (SSSR count). The number of hydrogen-bond acceptors (Lipinski definition) is 4. The van der Waals surface area contributed by atoms with E-state index in [1.165, 1.54) is 24.8 Å². The summed E-state index contributed by atoms with van der Waals surface area (Å²) in [6, 6.07) is 13.4. The highest BCUT2D eigenvalue weighted by atomic mass is 32.2. The van der Waals surface area contributed by atoms with Gasteiger partial charge >= 0.3 is 0 Å². The maximum atomic E-state index is 12.2. The first-order valence-corrected chi connectivity index (χ1v) is 9.33. The van der Waals surface area contributed by atoms with Crippen molar-refractivity contribution in [1.82, 2.24) is 4.72 Å². The van der Waals surface area contributed by atoms with Crippen LogP contribution in [0.2, 0.25) is 0 Å². The Morgan fingerprint density at radius 3 is 2.16 bits per heavy atom. The minimum atomic E-state index is -3.76. The second kappa shape index (κ2) is 8.13. The molecule has 0 spiro atoms. The molecule has 2 aromatic carbocycles. The number of methoxy groups -OCH3 is 1. The van der Waals surface area contributed by atoms with Crippen molar-refractivity contribution in [2.75, 3.05) is 19.0 Å². The van der Waals surface area contributed by atoms with Crippen molar-refractivity contribution in [3.05, 3.63) is 54.1 Å². The number of carbonyl (C=O) groups excluding carboxylic acids is 1. The molecule has 0 aliphatic heterocycles. The number of hydrogen-bond donors (Lipinski definition) is 2. The predicted octanol–water partition coefficient (Wildman–Crippen LogP) is 2.74. The van der Waals surface area contributed by atoms with Gasteiger partial charge < -0.3 is 10.1 Å². The van der Waals surface area contributed by atoms with E-state index < -0.39 is 15.9 Å². The van der Waals surface area contributed by atoms with Crippen molar-refractivity contribution >= 4 is 21.6 Å². The molecule has 2 aromatic rings. The molecule has 0 saturated heterocycles. The van der Waals surface area contributed by atoms with E-state index in [4.69, 9.17) is 4.74 Å². The Morgan fingerprint density at radius 1 is 1.04 bits per heavy atom. The summed E-state index contributed by atoms with van der Waals surface area (Å²) in [5.74, 6) is 0.525. The van der Waals surface area contributed by atoms with Crippen LogP contribution in [-0.2, 0) is 14.8 Å². The molecular weight excluding hydrogens is 340 g/mol. The van der Waals surface area contributed by atoms with E-state index in [2.05, 4.69) is 23.9 Å². The average Bonchev–Trinajstić information content (AvgIpc) is 2.60. The largest absolute Gasteiger partial charge is 0.497 e. The van der Waals surface area contributed by atoms with Crippen LogP contribution in [0.5, 0.6) is 5.75 Å². The normalized spacial score (nSPS) is 11.4. The van der Waals surface area contributed by atoms with Gasteiger partial charge in [0.1, 0.15) is 5.75 Å². The van der Waals surface area contributed by atoms with Crippen LogP contribution in [0.4, 0.5) is 5.69 Å². The predicted molar refractivity (Wildman–Crippen MR) is 97.3 cm³/mol. The lowest BCUT2D eigenvalue weighted by Gasteiger charge is -2.10. The molecule has 25 heavy (non-hydrogen) atoms. The van der Waals surface area contributed by atoms with Crippen molar-refractivity contribution in [3.63, 3.8) is 0 Å². The summed E-state index contributed by atoms with van der Waals surface area (Å²) in [7, 11) is -2.26. The third-order valence-corrected chi connectivity index (χ3v) is 5.07. The molecule has 0 saturated carbocycles. The van der Waals surface area contributed by atoms with Crippen LogP contribution in [-0.4, -0.2) is 28.0 Å². The number of nitrogens with one attached hydrogen (secondary N) is 2. The summed E-state index contributed by atoms with van der Waals surface area (Å²) in [5, 5.41) is 2.66. The van der Waals surface area contributed by atoms with Gasteiger partial charge in [-0.1, -0.05) is 26.0 Å². The Hall–Kier alpha value is -2.38. The van der Waals surface area contributed by atoms with Gasteiger partial charge in [-0.15, -0.1) is 0 Å². The molecule has 0 aliphatic carbocycles. The monoisotopic (exact) mass is 362 g/mol. The Kier molecular flexibility index (Phi) is 6.17. The fourth-order valence-corrected chi connectivity index (χ4v) is 3.14. The number of amides is 1. The van der Waals surface area contributed by atoms with Crippen LogP contribution in [0.25, 0.3) is 0 Å². The minimum absolute atomic E-state index is 0.0717. The van der Waals surface area contributed by atoms with Crippen LogP contribution in [0.1, 0.15) is 25.3 Å². The average molecular weight is 362 g/mol. The molecule has 0 heterocycles. The first-order chi connectivity index (χ1) is 11.8. The molecular formula is C18H22N2O4S. The molecule has 0 aliphatic rings. The second-order valence-corrected chi connectivity index (χ2v) is 7.59. The number of sulfonamides is 1. The van der Waals surface area contributed by atoms with E-state index in [9.17, 15) is 13.2 Å². The standard InChI is InChI=1S/C18H22N2O4S/c1-13(2)14-4-6-15(7-5-14)20-18(21)12-19-25(22,23)17-10-8-16(24-3)9-11-17/h4-11,13,19H,12H2,1-3H3,(H,20,21). The summed E-state index contributed by atoms with van der Waals surface area (Å²) in [6.07, 6.45) is 0. The number of anilines is 1. The molecule has 6 nitrogen and oxygen atoms in total. The molecule has 0 bridgehead atoms. The zero-order chi connectivity index (χ0) is 18.4. The van der Waals surface area contributed by atoms with Crippen LogP contribution in [0.3, 0.4) is 0 Å². The van der Waals surface area contributed by atoms with Gasteiger partial charge in [-0.2, -0.15) is 0 Å². The van der Waals surface area contributed by atoms with Crippen molar-refractivity contribution in [1.29, 1.82) is 0 Å². The molecule has 0 unspecified atom stereocenters. The van der Waals surface area contributed by atoms with Crippen molar-refractivity contribution in [3.8, 4) is 5.75 Å². The highest BCUT2D eigenvalue weighted by molar-refractivity contribution is 7.89. The van der Waals surface area contributed by atoms with Gasteiger partial charge in [0, 0.05) is 5.69 Å². The van der Waals surface area contributed by atoms with Crippen LogP contribution >= 0.6 is 0 Å². The maximum absolute atomic E-state index is 12.2. The lowest BCUT2D eigenvalue weighted by molar-refractivity contribution is -0.115. The minimum Gasteiger partial charge on any atom is -0.497 e. The van der Waals surface area contributed by atoms with Crippen LogP contribution in [0.15, 0.2) is 53.4 Å². The summed E-state index contributed by atoms with van der Waals surface area (Å²) >= 11 is 0. The lowest BCUT2D eigenvalue weighted by atomic mass is 10.0. The number of carbonyl (C=O) groups is 1. The summed E-state index contributed by atoms with van der Waals surface area (Å²) in [4.78, 5) is 12.0. The summed E-state index contributed by atoms with van der Waals surface area (Å²) < 4.78 is 31.6. The third-order valence-electron chi connectivity index (χ3n) is 3.65. The Bertz CT molecular complexity index is 813. The van der Waals surface area contributed by atoms with Gasteiger partial charge in [0.15, 0.2) is 0 Å². The number of rotatable bonds is 7. The second-order valence-electron chi connectivity index (χ2n) is 5.82. The molecule has 134 valence electrons. The van der Waals surface area contributed by atoms with E-state index in [1.807, 2.05) is 12.1 Å². The molecule has 0 aromatic heterocycles.